The molecule has 0 saturated heterocycles. The first kappa shape index (κ1) is 19.2. The third-order valence-electron chi connectivity index (χ3n) is 3.98. The highest BCUT2D eigenvalue weighted by Gasteiger charge is 2.20. The van der Waals surface area contributed by atoms with Crippen LogP contribution in [0.4, 0.5) is 4.79 Å². The summed E-state index contributed by atoms with van der Waals surface area (Å²) in [5, 5.41) is 6.00. The second-order valence-electron chi connectivity index (χ2n) is 6.12. The van der Waals surface area contributed by atoms with Gasteiger partial charge in [0.05, 0.1) is 30.4 Å². The molecule has 2 aromatic rings. The topological polar surface area (TPSA) is 57.7 Å². The first-order valence-corrected chi connectivity index (χ1v) is 8.99. The summed E-state index contributed by atoms with van der Waals surface area (Å²) >= 11 is 1.59. The fourth-order valence-corrected chi connectivity index (χ4v) is 3.23. The van der Waals surface area contributed by atoms with Gasteiger partial charge in [0.15, 0.2) is 0 Å². The van der Waals surface area contributed by atoms with Crippen molar-refractivity contribution in [2.75, 3.05) is 34.8 Å². The molecule has 1 unspecified atom stereocenters. The van der Waals surface area contributed by atoms with Crippen molar-refractivity contribution < 1.29 is 9.53 Å². The van der Waals surface area contributed by atoms with Crippen LogP contribution in [-0.2, 0) is 6.54 Å². The summed E-state index contributed by atoms with van der Waals surface area (Å²) in [6, 6.07) is 7.79. The molecule has 25 heavy (non-hydrogen) atoms. The van der Waals surface area contributed by atoms with Crippen LogP contribution in [0.2, 0.25) is 0 Å². The molecule has 1 atom stereocenters. The smallest absolute Gasteiger partial charge is 0.317 e. The third-order valence-corrected chi connectivity index (χ3v) is 4.80. The maximum absolute atomic E-state index is 12.4. The van der Waals surface area contributed by atoms with Crippen LogP contribution in [0, 0.1) is 6.92 Å². The highest BCUT2D eigenvalue weighted by molar-refractivity contribution is 7.09. The Labute approximate surface area is 153 Å². The second kappa shape index (κ2) is 8.82. The Kier molecular flexibility index (Phi) is 6.78. The van der Waals surface area contributed by atoms with Crippen LogP contribution >= 0.6 is 11.3 Å². The number of likely N-dealkylation sites (N-methyl/N-ethyl adjacent to an activating group) is 1. The number of nitrogens with zero attached hydrogens (tertiary/aromatic N) is 3. The van der Waals surface area contributed by atoms with E-state index in [1.807, 2.05) is 50.7 Å². The lowest BCUT2D eigenvalue weighted by molar-refractivity contribution is 0.200. The van der Waals surface area contributed by atoms with Gasteiger partial charge in [-0.1, -0.05) is 18.2 Å². The molecule has 2 amide bonds. The molecular formula is C18H26N4O2S. The molecule has 0 bridgehead atoms. The predicted molar refractivity (Wildman–Crippen MR) is 101 cm³/mol. The van der Waals surface area contributed by atoms with Gasteiger partial charge in [-0.3, -0.25) is 0 Å². The van der Waals surface area contributed by atoms with Crippen LogP contribution in [0.5, 0.6) is 5.75 Å². The normalized spacial score (nSPS) is 12.1. The molecule has 0 aliphatic heterocycles. The number of rotatable bonds is 7. The average molecular weight is 362 g/mol. The van der Waals surface area contributed by atoms with Gasteiger partial charge in [-0.2, -0.15) is 0 Å². The molecule has 7 heteroatoms. The van der Waals surface area contributed by atoms with Gasteiger partial charge in [0.25, 0.3) is 0 Å². The fraction of sp³-hybridized carbons (Fsp3) is 0.444. The van der Waals surface area contributed by atoms with E-state index in [1.165, 1.54) is 0 Å². The minimum Gasteiger partial charge on any atom is -0.496 e. The van der Waals surface area contributed by atoms with Crippen LogP contribution in [0.25, 0.3) is 0 Å². The average Bonchev–Trinajstić information content (AvgIpc) is 2.99. The van der Waals surface area contributed by atoms with Gasteiger partial charge in [0, 0.05) is 24.5 Å². The Morgan fingerprint density at radius 3 is 2.64 bits per heavy atom. The second-order valence-corrected chi connectivity index (χ2v) is 7.18. The van der Waals surface area contributed by atoms with E-state index in [4.69, 9.17) is 4.74 Å². The van der Waals surface area contributed by atoms with Gasteiger partial charge in [0.1, 0.15) is 5.75 Å². The molecule has 2 rings (SSSR count). The lowest BCUT2D eigenvalue weighted by Crippen LogP contribution is -2.41. The molecule has 1 heterocycles. The molecule has 6 nitrogen and oxygen atoms in total. The number of carbonyl (C=O) groups excluding carboxylic acids is 1. The molecule has 0 saturated carbocycles. The van der Waals surface area contributed by atoms with Crippen LogP contribution in [0.15, 0.2) is 29.6 Å². The highest BCUT2D eigenvalue weighted by Crippen LogP contribution is 2.27. The van der Waals surface area contributed by atoms with Crippen molar-refractivity contribution in [1.29, 1.82) is 0 Å². The van der Waals surface area contributed by atoms with Crippen LogP contribution in [0.1, 0.15) is 22.3 Å². The summed E-state index contributed by atoms with van der Waals surface area (Å²) in [5.74, 6) is 0.821. The number of aryl methyl sites for hydroxylation is 1. The molecule has 1 aromatic carbocycles. The molecular weight excluding hydrogens is 336 g/mol. The van der Waals surface area contributed by atoms with E-state index >= 15 is 0 Å². The summed E-state index contributed by atoms with van der Waals surface area (Å²) in [6.45, 7) is 2.95. The maximum atomic E-state index is 12.4. The van der Waals surface area contributed by atoms with E-state index in [0.717, 1.165) is 22.0 Å². The monoisotopic (exact) mass is 362 g/mol. The van der Waals surface area contributed by atoms with E-state index in [9.17, 15) is 4.79 Å². The van der Waals surface area contributed by atoms with Gasteiger partial charge in [-0.15, -0.1) is 11.3 Å². The first-order chi connectivity index (χ1) is 11.9. The largest absolute Gasteiger partial charge is 0.496 e. The number of aromatic nitrogens is 1. The Morgan fingerprint density at radius 1 is 1.32 bits per heavy atom. The Hall–Kier alpha value is -2.12. The SMILES string of the molecule is COc1ccccc1C(CNC(=O)N(C)Cc1csc(C)n1)N(C)C. The van der Waals surface area contributed by atoms with E-state index < -0.39 is 0 Å². The quantitative estimate of drug-likeness (QED) is 0.823. The number of methoxy groups -OCH3 is 1. The third kappa shape index (κ3) is 5.17. The van der Waals surface area contributed by atoms with Gasteiger partial charge in [-0.25, -0.2) is 9.78 Å². The van der Waals surface area contributed by atoms with Crippen LogP contribution < -0.4 is 10.1 Å². The fourth-order valence-electron chi connectivity index (χ4n) is 2.63. The van der Waals surface area contributed by atoms with E-state index in [1.54, 1.807) is 30.4 Å². The lowest BCUT2D eigenvalue weighted by atomic mass is 10.0. The number of carbonyl (C=O) groups is 1. The Morgan fingerprint density at radius 2 is 2.04 bits per heavy atom. The molecule has 1 N–H and O–H groups in total. The number of nitrogens with one attached hydrogen (secondary N) is 1. The minimum absolute atomic E-state index is 0.0232. The number of amides is 2. The van der Waals surface area contributed by atoms with E-state index in [0.29, 0.717) is 13.1 Å². The standard InChI is InChI=1S/C18H26N4O2S/c1-13-20-14(12-25-13)11-22(4)18(23)19-10-16(21(2)3)15-8-6-7-9-17(15)24-5/h6-9,12,16H,10-11H2,1-5H3,(H,19,23). The highest BCUT2D eigenvalue weighted by atomic mass is 32.1. The zero-order valence-corrected chi connectivity index (χ0v) is 16.3. The Balaban J connectivity index is 1.99. The predicted octanol–water partition coefficient (Wildman–Crippen LogP) is 2.90. The van der Waals surface area contributed by atoms with Crippen molar-refractivity contribution >= 4 is 17.4 Å². The molecule has 0 fully saturated rings. The van der Waals surface area contributed by atoms with Crippen LogP contribution in [0.3, 0.4) is 0 Å². The summed E-state index contributed by atoms with van der Waals surface area (Å²) < 4.78 is 5.46. The van der Waals surface area contributed by atoms with Crippen molar-refractivity contribution in [2.24, 2.45) is 0 Å². The molecule has 0 aliphatic carbocycles. The lowest BCUT2D eigenvalue weighted by Gasteiger charge is -2.27. The molecule has 0 spiro atoms. The van der Waals surface area contributed by atoms with E-state index in [2.05, 4.69) is 15.2 Å². The van der Waals surface area contributed by atoms with Gasteiger partial charge in [-0.05, 0) is 27.1 Å². The van der Waals surface area contributed by atoms with Gasteiger partial charge < -0.3 is 19.9 Å². The number of urea groups is 1. The Bertz CT molecular complexity index is 702. The van der Waals surface area contributed by atoms with Gasteiger partial charge >= 0.3 is 6.03 Å². The number of hydrogen-bond donors (Lipinski definition) is 1. The summed E-state index contributed by atoms with van der Waals surface area (Å²) in [7, 11) is 7.42. The van der Waals surface area contributed by atoms with Crippen LogP contribution in [-0.4, -0.2) is 55.6 Å². The molecule has 136 valence electrons. The first-order valence-electron chi connectivity index (χ1n) is 8.11. The number of benzene rings is 1. The van der Waals surface area contributed by atoms with Crippen molar-refractivity contribution in [1.82, 2.24) is 20.1 Å². The van der Waals surface area contributed by atoms with Crippen molar-refractivity contribution in [2.45, 2.75) is 19.5 Å². The van der Waals surface area contributed by atoms with Crippen molar-refractivity contribution in [3.63, 3.8) is 0 Å². The minimum atomic E-state index is -0.118. The number of thiazole rings is 1. The molecule has 1 aromatic heterocycles. The molecule has 0 radical (unpaired) electrons. The summed E-state index contributed by atoms with van der Waals surface area (Å²) in [5.41, 5.74) is 1.96. The maximum Gasteiger partial charge on any atom is 0.317 e. The van der Waals surface area contributed by atoms with Crippen molar-refractivity contribution in [3.05, 3.63) is 45.9 Å². The zero-order valence-electron chi connectivity index (χ0n) is 15.4. The summed E-state index contributed by atoms with van der Waals surface area (Å²) in [6.07, 6.45) is 0. The van der Waals surface area contributed by atoms with E-state index in [-0.39, 0.29) is 12.1 Å². The van der Waals surface area contributed by atoms with Gasteiger partial charge in [0.2, 0.25) is 0 Å². The number of hydrogen-bond acceptors (Lipinski definition) is 5. The van der Waals surface area contributed by atoms with Crippen molar-refractivity contribution in [3.8, 4) is 5.75 Å². The zero-order chi connectivity index (χ0) is 18.4. The molecule has 0 aliphatic rings. The number of ether oxygens (including phenoxy) is 1. The summed E-state index contributed by atoms with van der Waals surface area (Å²) in [4.78, 5) is 20.5. The number of para-hydroxylation sites is 1.